The van der Waals surface area contributed by atoms with Crippen molar-refractivity contribution in [1.82, 2.24) is 0 Å². The van der Waals surface area contributed by atoms with Crippen molar-refractivity contribution in [2.24, 2.45) is 5.92 Å². The molecule has 0 saturated carbocycles. The van der Waals surface area contributed by atoms with Crippen LogP contribution in [0.15, 0.2) is 72.4 Å². The highest BCUT2D eigenvalue weighted by molar-refractivity contribution is 8.13. The van der Waals surface area contributed by atoms with Gasteiger partial charge in [-0.15, -0.1) is 0 Å². The van der Waals surface area contributed by atoms with E-state index in [0.717, 1.165) is 12.1 Å². The second kappa shape index (κ2) is 7.71. The molecule has 0 bridgehead atoms. The summed E-state index contributed by atoms with van der Waals surface area (Å²) >= 11 is 1.81. The molecule has 1 N–H and O–H groups in total. The molecule has 124 valence electrons. The van der Waals surface area contributed by atoms with Crippen LogP contribution in [-0.2, 0) is 0 Å². The maximum Gasteiger partial charge on any atom is 0.242 e. The molecule has 1 aliphatic rings. The molecule has 2 nitrogen and oxygen atoms in total. The van der Waals surface area contributed by atoms with Crippen LogP contribution in [0.4, 0.5) is 11.4 Å². The van der Waals surface area contributed by atoms with Crippen molar-refractivity contribution in [3.8, 4) is 0 Å². The Kier molecular flexibility index (Phi) is 5.41. The van der Waals surface area contributed by atoms with Crippen molar-refractivity contribution in [2.75, 3.05) is 11.6 Å². The quantitative estimate of drug-likeness (QED) is 0.739. The highest BCUT2D eigenvalue weighted by atomic mass is 32.2. The molecule has 0 amide bonds. The van der Waals surface area contributed by atoms with Gasteiger partial charge in [0.1, 0.15) is 0 Å². The molecule has 0 spiro atoms. The van der Waals surface area contributed by atoms with Gasteiger partial charge >= 0.3 is 0 Å². The Morgan fingerprint density at radius 1 is 1.00 bits per heavy atom. The fraction of sp³-hybridized carbons (Fsp3) is 0.286. The van der Waals surface area contributed by atoms with Crippen LogP contribution in [0.1, 0.15) is 20.3 Å². The van der Waals surface area contributed by atoms with Crippen LogP contribution in [0.25, 0.3) is 0 Å². The lowest BCUT2D eigenvalue weighted by Gasteiger charge is -2.26. The predicted molar refractivity (Wildman–Crippen MR) is 106 cm³/mol. The van der Waals surface area contributed by atoms with Gasteiger partial charge in [-0.2, -0.15) is 4.58 Å². The monoisotopic (exact) mass is 337 g/mol. The Morgan fingerprint density at radius 3 is 2.21 bits per heavy atom. The van der Waals surface area contributed by atoms with Crippen LogP contribution in [0.5, 0.6) is 0 Å². The zero-order valence-electron chi connectivity index (χ0n) is 14.6. The van der Waals surface area contributed by atoms with Crippen molar-refractivity contribution in [1.29, 1.82) is 0 Å². The molecule has 0 aliphatic carbocycles. The first-order valence-electron chi connectivity index (χ1n) is 8.47. The highest BCUT2D eigenvalue weighted by Crippen LogP contribution is 2.30. The standard InChI is InChI=1S/C21H24N2S/c1-16(2)20-14-18(22-17-10-6-4-7-11-17)15-21(24-3)23(20)19-12-8-5-9-13-19/h4-13,15-16,20H,14H2,1-3H3/p+1. The Balaban J connectivity index is 2.00. The minimum atomic E-state index is 0.450. The molecule has 3 heteroatoms. The fourth-order valence-corrected chi connectivity index (χ4v) is 3.85. The number of thioether (sulfide) groups is 1. The van der Waals surface area contributed by atoms with E-state index in [1.54, 1.807) is 0 Å². The molecular formula is C21H25N2S+. The minimum Gasteiger partial charge on any atom is -0.358 e. The van der Waals surface area contributed by atoms with Gasteiger partial charge in [-0.05, 0) is 18.4 Å². The van der Waals surface area contributed by atoms with E-state index in [-0.39, 0.29) is 0 Å². The van der Waals surface area contributed by atoms with Crippen LogP contribution in [0, 0.1) is 5.92 Å². The largest absolute Gasteiger partial charge is 0.358 e. The number of para-hydroxylation sites is 2. The topological polar surface area (TPSA) is 15.0 Å². The lowest BCUT2D eigenvalue weighted by Crippen LogP contribution is -2.35. The third kappa shape index (κ3) is 3.73. The maximum atomic E-state index is 3.60. The molecule has 2 aromatic rings. The summed E-state index contributed by atoms with van der Waals surface area (Å²) in [6, 6.07) is 21.6. The summed E-state index contributed by atoms with van der Waals surface area (Å²) in [6.07, 6.45) is 5.47. The van der Waals surface area contributed by atoms with Crippen LogP contribution >= 0.6 is 11.8 Å². The van der Waals surface area contributed by atoms with Gasteiger partial charge in [0, 0.05) is 35.5 Å². The first-order chi connectivity index (χ1) is 11.7. The molecule has 1 heterocycles. The Bertz CT molecular complexity index is 733. The van der Waals surface area contributed by atoms with E-state index in [1.165, 1.54) is 16.4 Å². The third-order valence-corrected chi connectivity index (χ3v) is 5.12. The summed E-state index contributed by atoms with van der Waals surface area (Å²) in [5.74, 6) is 0.564. The summed E-state index contributed by atoms with van der Waals surface area (Å²) in [5.41, 5.74) is 3.71. The van der Waals surface area contributed by atoms with E-state index < -0.39 is 0 Å². The number of nitrogens with one attached hydrogen (secondary N) is 1. The Hall–Kier alpha value is -2.00. The van der Waals surface area contributed by atoms with Crippen molar-refractivity contribution in [3.05, 3.63) is 72.4 Å². The summed E-state index contributed by atoms with van der Waals surface area (Å²) in [6.45, 7) is 4.62. The van der Waals surface area contributed by atoms with Gasteiger partial charge in [-0.1, -0.05) is 62.0 Å². The lowest BCUT2D eigenvalue weighted by molar-refractivity contribution is -0.492. The van der Waals surface area contributed by atoms with Crippen molar-refractivity contribution >= 4 is 28.2 Å². The van der Waals surface area contributed by atoms with E-state index in [4.69, 9.17) is 0 Å². The molecule has 0 radical (unpaired) electrons. The molecule has 0 fully saturated rings. The van der Waals surface area contributed by atoms with Crippen molar-refractivity contribution in [3.63, 3.8) is 0 Å². The number of rotatable bonds is 4. The average Bonchev–Trinajstić information content (AvgIpc) is 2.62. The number of hydrogen-bond donors (Lipinski definition) is 1. The van der Waals surface area contributed by atoms with Gasteiger partial charge < -0.3 is 5.32 Å². The van der Waals surface area contributed by atoms with Gasteiger partial charge in [0.25, 0.3) is 0 Å². The van der Waals surface area contributed by atoms with Gasteiger partial charge in [0.2, 0.25) is 10.7 Å². The summed E-state index contributed by atoms with van der Waals surface area (Å²) in [4.78, 5) is 0. The van der Waals surface area contributed by atoms with Crippen molar-refractivity contribution < 1.29 is 4.58 Å². The first kappa shape index (κ1) is 16.8. The third-order valence-electron chi connectivity index (χ3n) is 4.39. The SMILES string of the molecule is CSC1=[N+](c2ccccc2)C(C(C)C)CC(Nc2ccccc2)=C1. The first-order valence-corrected chi connectivity index (χ1v) is 9.69. The van der Waals surface area contributed by atoms with Crippen LogP contribution in [0.3, 0.4) is 0 Å². The zero-order chi connectivity index (χ0) is 16.9. The summed E-state index contributed by atoms with van der Waals surface area (Å²) in [7, 11) is 0. The molecule has 1 atom stereocenters. The van der Waals surface area contributed by atoms with E-state index >= 15 is 0 Å². The minimum absolute atomic E-state index is 0.450. The highest BCUT2D eigenvalue weighted by Gasteiger charge is 2.34. The van der Waals surface area contributed by atoms with Gasteiger partial charge in [-0.3, -0.25) is 0 Å². The molecule has 1 aliphatic heterocycles. The predicted octanol–water partition coefficient (Wildman–Crippen LogP) is 5.52. The average molecular weight is 338 g/mol. The molecular weight excluding hydrogens is 312 g/mol. The maximum absolute atomic E-state index is 3.60. The second-order valence-electron chi connectivity index (χ2n) is 6.42. The molecule has 1 unspecified atom stereocenters. The van der Waals surface area contributed by atoms with E-state index in [0.29, 0.717) is 12.0 Å². The lowest BCUT2D eigenvalue weighted by atomic mass is 9.95. The normalized spacial score (nSPS) is 17.8. The number of anilines is 1. The fourth-order valence-electron chi connectivity index (χ4n) is 3.15. The van der Waals surface area contributed by atoms with Crippen LogP contribution in [0.2, 0.25) is 0 Å². The van der Waals surface area contributed by atoms with Crippen LogP contribution in [-0.4, -0.2) is 21.9 Å². The zero-order valence-corrected chi connectivity index (χ0v) is 15.4. The van der Waals surface area contributed by atoms with Gasteiger partial charge in [0.15, 0.2) is 6.04 Å². The number of hydrogen-bond acceptors (Lipinski definition) is 2. The van der Waals surface area contributed by atoms with Gasteiger partial charge in [0.05, 0.1) is 6.42 Å². The summed E-state index contributed by atoms with van der Waals surface area (Å²) < 4.78 is 2.49. The molecule has 3 rings (SSSR count). The van der Waals surface area contributed by atoms with E-state index in [1.807, 2.05) is 17.8 Å². The van der Waals surface area contributed by atoms with E-state index in [2.05, 4.69) is 90.7 Å². The Labute approximate surface area is 149 Å². The Morgan fingerprint density at radius 2 is 1.62 bits per heavy atom. The van der Waals surface area contributed by atoms with Gasteiger partial charge in [-0.25, -0.2) is 0 Å². The molecule has 24 heavy (non-hydrogen) atoms. The molecule has 0 saturated heterocycles. The number of benzene rings is 2. The second-order valence-corrected chi connectivity index (χ2v) is 7.25. The van der Waals surface area contributed by atoms with Crippen LogP contribution < -0.4 is 5.32 Å². The van der Waals surface area contributed by atoms with E-state index in [9.17, 15) is 0 Å². The smallest absolute Gasteiger partial charge is 0.242 e. The number of nitrogens with zero attached hydrogens (tertiary/aromatic N) is 1. The summed E-state index contributed by atoms with van der Waals surface area (Å²) in [5, 5.41) is 4.90. The molecule has 2 aromatic carbocycles. The molecule has 0 aromatic heterocycles. The van der Waals surface area contributed by atoms with Crippen molar-refractivity contribution in [2.45, 2.75) is 26.3 Å².